The Labute approximate surface area is 178 Å². The second kappa shape index (κ2) is 6.83. The highest BCUT2D eigenvalue weighted by Crippen LogP contribution is 2.39. The molecule has 0 N–H and O–H groups in total. The average molecular weight is 420 g/mol. The van der Waals surface area contributed by atoms with E-state index in [-0.39, 0.29) is 11.6 Å². The number of hydrogen-bond acceptors (Lipinski definition) is 6. The molecule has 0 aromatic carbocycles. The van der Waals surface area contributed by atoms with Crippen LogP contribution in [-0.2, 0) is 7.05 Å². The van der Waals surface area contributed by atoms with Crippen LogP contribution in [0.1, 0.15) is 42.5 Å². The lowest BCUT2D eigenvalue weighted by Gasteiger charge is -2.35. The normalized spacial score (nSPS) is 22.5. The van der Waals surface area contributed by atoms with Gasteiger partial charge in [0, 0.05) is 43.3 Å². The molecule has 0 radical (unpaired) electrons. The van der Waals surface area contributed by atoms with Crippen LogP contribution in [0.15, 0.2) is 35.4 Å². The van der Waals surface area contributed by atoms with E-state index in [0.29, 0.717) is 48.0 Å². The van der Waals surface area contributed by atoms with E-state index in [0.717, 1.165) is 31.4 Å². The molecule has 3 aromatic rings. The van der Waals surface area contributed by atoms with Crippen molar-refractivity contribution in [2.75, 3.05) is 18.1 Å². The molecule has 31 heavy (non-hydrogen) atoms. The summed E-state index contributed by atoms with van der Waals surface area (Å²) in [5.41, 5.74) is 1.86. The van der Waals surface area contributed by atoms with Gasteiger partial charge in [-0.25, -0.2) is 14.5 Å². The molecule has 160 valence electrons. The maximum atomic E-state index is 13.3. The van der Waals surface area contributed by atoms with Gasteiger partial charge in [-0.2, -0.15) is 5.10 Å². The number of aromatic nitrogens is 4. The van der Waals surface area contributed by atoms with Gasteiger partial charge in [0.1, 0.15) is 6.61 Å². The molecule has 9 heteroatoms. The molecular weight excluding hydrogens is 396 g/mol. The van der Waals surface area contributed by atoms with Crippen molar-refractivity contribution in [2.24, 2.45) is 7.05 Å². The number of piperidine rings is 1. The molecule has 3 aliphatic rings. The predicted octanol–water partition coefficient (Wildman–Crippen LogP) is 2.12. The lowest BCUT2D eigenvalue weighted by Crippen LogP contribution is -2.44. The van der Waals surface area contributed by atoms with E-state index in [1.165, 1.54) is 15.5 Å². The lowest BCUT2D eigenvalue weighted by molar-refractivity contribution is 0.0594. The van der Waals surface area contributed by atoms with Gasteiger partial charge in [-0.3, -0.25) is 9.20 Å². The van der Waals surface area contributed by atoms with Gasteiger partial charge in [0.25, 0.3) is 5.91 Å². The SMILES string of the molecule is Cn1nc2cc(N3CCOc4cc(C(=O)N5[C@@H]6CCC[C@H]5CC6)cnc43)ccn2c1=O. The first-order valence-electron chi connectivity index (χ1n) is 10.9. The predicted molar refractivity (Wildman–Crippen MR) is 114 cm³/mol. The lowest BCUT2D eigenvalue weighted by atomic mass is 10.0. The summed E-state index contributed by atoms with van der Waals surface area (Å²) in [5.74, 6) is 1.35. The van der Waals surface area contributed by atoms with Crippen LogP contribution in [0.25, 0.3) is 5.65 Å². The zero-order valence-corrected chi connectivity index (χ0v) is 17.4. The fraction of sp³-hybridized carbons (Fsp3) is 0.455. The number of ether oxygens (including phenoxy) is 1. The number of rotatable bonds is 2. The van der Waals surface area contributed by atoms with Gasteiger partial charge in [0.15, 0.2) is 17.2 Å². The van der Waals surface area contributed by atoms with Crippen molar-refractivity contribution in [2.45, 2.75) is 44.2 Å². The molecule has 0 saturated carbocycles. The summed E-state index contributed by atoms with van der Waals surface area (Å²) < 4.78 is 8.71. The average Bonchev–Trinajstić information content (AvgIpc) is 3.22. The molecule has 1 amide bonds. The molecule has 6 heterocycles. The van der Waals surface area contributed by atoms with E-state index < -0.39 is 0 Å². The van der Waals surface area contributed by atoms with Crippen LogP contribution in [0.4, 0.5) is 11.5 Å². The molecule has 0 unspecified atom stereocenters. The summed E-state index contributed by atoms with van der Waals surface area (Å²) in [5, 5.41) is 4.27. The van der Waals surface area contributed by atoms with Crippen LogP contribution < -0.4 is 15.3 Å². The third-order valence-electron chi connectivity index (χ3n) is 6.80. The van der Waals surface area contributed by atoms with E-state index in [2.05, 4.69) is 15.0 Å². The first-order chi connectivity index (χ1) is 15.1. The second-order valence-electron chi connectivity index (χ2n) is 8.59. The van der Waals surface area contributed by atoms with Gasteiger partial charge in [-0.05, 0) is 44.2 Å². The summed E-state index contributed by atoms with van der Waals surface area (Å²) in [6.07, 6.45) is 9.02. The van der Waals surface area contributed by atoms with Gasteiger partial charge < -0.3 is 14.5 Å². The minimum atomic E-state index is -0.183. The number of aryl methyl sites for hydroxylation is 1. The summed E-state index contributed by atoms with van der Waals surface area (Å²) in [4.78, 5) is 34.1. The number of fused-ring (bicyclic) bond motifs is 4. The van der Waals surface area contributed by atoms with Crippen molar-refractivity contribution in [3.8, 4) is 5.75 Å². The largest absolute Gasteiger partial charge is 0.488 e. The Morgan fingerprint density at radius 1 is 1.16 bits per heavy atom. The van der Waals surface area contributed by atoms with Crippen LogP contribution in [-0.4, -0.2) is 55.2 Å². The smallest absolute Gasteiger partial charge is 0.350 e. The number of pyridine rings is 2. The van der Waals surface area contributed by atoms with Crippen LogP contribution in [0.5, 0.6) is 5.75 Å². The van der Waals surface area contributed by atoms with Gasteiger partial charge in [-0.15, -0.1) is 0 Å². The zero-order chi connectivity index (χ0) is 21.1. The molecule has 0 aliphatic carbocycles. The van der Waals surface area contributed by atoms with E-state index >= 15 is 0 Å². The van der Waals surface area contributed by atoms with Crippen LogP contribution in [0.2, 0.25) is 0 Å². The van der Waals surface area contributed by atoms with Crippen molar-refractivity contribution in [3.63, 3.8) is 0 Å². The van der Waals surface area contributed by atoms with Crippen LogP contribution in [0.3, 0.4) is 0 Å². The highest BCUT2D eigenvalue weighted by Gasteiger charge is 2.40. The van der Waals surface area contributed by atoms with Crippen LogP contribution >= 0.6 is 0 Å². The Bertz CT molecular complexity index is 1230. The Morgan fingerprint density at radius 2 is 1.97 bits per heavy atom. The zero-order valence-electron chi connectivity index (χ0n) is 17.4. The Hall–Kier alpha value is -3.36. The molecule has 2 atom stereocenters. The van der Waals surface area contributed by atoms with Gasteiger partial charge in [0.2, 0.25) is 0 Å². The third-order valence-corrected chi connectivity index (χ3v) is 6.80. The minimum Gasteiger partial charge on any atom is -0.488 e. The fourth-order valence-electron chi connectivity index (χ4n) is 5.30. The van der Waals surface area contributed by atoms with Gasteiger partial charge in [0.05, 0.1) is 12.1 Å². The molecule has 0 spiro atoms. The topological polar surface area (TPSA) is 85.0 Å². The van der Waals surface area contributed by atoms with Crippen molar-refractivity contribution in [1.29, 1.82) is 0 Å². The summed E-state index contributed by atoms with van der Waals surface area (Å²) >= 11 is 0. The van der Waals surface area contributed by atoms with Crippen molar-refractivity contribution in [3.05, 3.63) is 46.6 Å². The second-order valence-corrected chi connectivity index (χ2v) is 8.59. The minimum absolute atomic E-state index is 0.0671. The Morgan fingerprint density at radius 3 is 2.77 bits per heavy atom. The standard InChI is InChI=1S/C22H24N6O3/c1-25-22(30)27-8-7-17(12-19(27)24-25)26-9-10-31-18-11-14(13-23-20(18)26)21(29)28-15-3-2-4-16(28)6-5-15/h7-8,11-13,15-16H,2-6,9-10H2,1H3/t15-,16+. The molecular formula is C22H24N6O3. The molecule has 3 aliphatic heterocycles. The maximum Gasteiger partial charge on any atom is 0.350 e. The first-order valence-corrected chi connectivity index (χ1v) is 10.9. The number of carbonyl (C=O) groups excluding carboxylic acids is 1. The maximum absolute atomic E-state index is 13.3. The van der Waals surface area contributed by atoms with E-state index in [1.807, 2.05) is 23.1 Å². The highest BCUT2D eigenvalue weighted by molar-refractivity contribution is 5.95. The Balaban J connectivity index is 1.33. The summed E-state index contributed by atoms with van der Waals surface area (Å²) in [7, 11) is 1.63. The number of hydrogen-bond donors (Lipinski definition) is 0. The van der Waals surface area contributed by atoms with Crippen molar-refractivity contribution < 1.29 is 9.53 Å². The van der Waals surface area contributed by atoms with Crippen LogP contribution in [0, 0.1) is 0 Å². The van der Waals surface area contributed by atoms with E-state index in [9.17, 15) is 9.59 Å². The molecule has 2 bridgehead atoms. The van der Waals surface area contributed by atoms with Gasteiger partial charge >= 0.3 is 5.69 Å². The molecule has 3 aromatic heterocycles. The number of anilines is 2. The summed E-state index contributed by atoms with van der Waals surface area (Å²) in [6.45, 7) is 1.11. The van der Waals surface area contributed by atoms with Crippen molar-refractivity contribution in [1.82, 2.24) is 24.1 Å². The Kier molecular flexibility index (Phi) is 4.06. The fourth-order valence-corrected chi connectivity index (χ4v) is 5.30. The monoisotopic (exact) mass is 420 g/mol. The van der Waals surface area contributed by atoms with E-state index in [1.54, 1.807) is 19.4 Å². The molecule has 6 rings (SSSR count). The highest BCUT2D eigenvalue weighted by atomic mass is 16.5. The first kappa shape index (κ1) is 18.4. The van der Waals surface area contributed by atoms with Gasteiger partial charge in [-0.1, -0.05) is 0 Å². The number of carbonyl (C=O) groups is 1. The molecule has 9 nitrogen and oxygen atoms in total. The number of nitrogens with zero attached hydrogens (tertiary/aromatic N) is 6. The summed E-state index contributed by atoms with van der Waals surface area (Å²) in [6, 6.07) is 6.30. The number of amides is 1. The third kappa shape index (κ3) is 2.83. The molecule has 2 saturated heterocycles. The molecule has 2 fully saturated rings. The van der Waals surface area contributed by atoms with Crippen molar-refractivity contribution >= 4 is 23.1 Å². The van der Waals surface area contributed by atoms with E-state index in [4.69, 9.17) is 4.74 Å². The quantitative estimate of drug-likeness (QED) is 0.631.